The van der Waals surface area contributed by atoms with Crippen LogP contribution in [0.15, 0.2) is 65.6 Å². The predicted molar refractivity (Wildman–Crippen MR) is 128 cm³/mol. The van der Waals surface area contributed by atoms with E-state index in [2.05, 4.69) is 0 Å². The monoisotopic (exact) mass is 479 g/mol. The van der Waals surface area contributed by atoms with E-state index < -0.39 is 23.7 Å². The number of hydrogen-bond acceptors (Lipinski definition) is 7. The van der Waals surface area contributed by atoms with Crippen LogP contribution in [0.5, 0.6) is 17.2 Å². The van der Waals surface area contributed by atoms with Gasteiger partial charge in [0.1, 0.15) is 12.4 Å². The number of carbonyl (C=O) groups excluding carboxylic acids is 2. The van der Waals surface area contributed by atoms with Crippen LogP contribution < -0.4 is 14.2 Å². The summed E-state index contributed by atoms with van der Waals surface area (Å²) >= 11 is 0.802. The largest absolute Gasteiger partial charge is 0.493 e. The van der Waals surface area contributed by atoms with Gasteiger partial charge in [-0.05, 0) is 35.4 Å². The van der Waals surface area contributed by atoms with Crippen LogP contribution in [0, 0.1) is 0 Å². The molecule has 3 aromatic carbocycles. The highest BCUT2D eigenvalue weighted by atomic mass is 32.2. The number of fused-ring (bicyclic) bond motifs is 1. The van der Waals surface area contributed by atoms with Gasteiger partial charge in [0.15, 0.2) is 18.1 Å². The number of methoxy groups -OCH3 is 1. The van der Waals surface area contributed by atoms with Crippen LogP contribution in [0.2, 0.25) is 0 Å². The zero-order chi connectivity index (χ0) is 24.1. The molecule has 34 heavy (non-hydrogen) atoms. The minimum absolute atomic E-state index is 0.0890. The molecule has 0 radical (unpaired) electrons. The van der Waals surface area contributed by atoms with Crippen LogP contribution >= 0.6 is 11.8 Å². The van der Waals surface area contributed by atoms with Gasteiger partial charge in [0, 0.05) is 10.9 Å². The number of aliphatic carboxylic acids is 1. The molecule has 0 aliphatic carbocycles. The summed E-state index contributed by atoms with van der Waals surface area (Å²) in [5.41, 5.74) is 0.429. The van der Waals surface area contributed by atoms with Crippen LogP contribution in [-0.4, -0.2) is 54.0 Å². The summed E-state index contributed by atoms with van der Waals surface area (Å²) < 4.78 is 16.5. The van der Waals surface area contributed by atoms with Gasteiger partial charge in [0.25, 0.3) is 11.1 Å². The number of benzene rings is 3. The number of para-hydroxylation sites is 1. The highest BCUT2D eigenvalue weighted by Crippen LogP contribution is 2.37. The summed E-state index contributed by atoms with van der Waals surface area (Å²) in [5, 5.41) is 10.5. The van der Waals surface area contributed by atoms with E-state index in [1.54, 1.807) is 18.2 Å². The summed E-state index contributed by atoms with van der Waals surface area (Å²) in [6.45, 7) is -0.342. The van der Waals surface area contributed by atoms with Crippen LogP contribution in [0.1, 0.15) is 5.56 Å². The molecule has 1 N–H and O–H groups in total. The minimum Gasteiger partial charge on any atom is -0.493 e. The number of nitrogens with zero attached hydrogens (tertiary/aromatic N) is 1. The fraction of sp³-hybridized carbons (Fsp3) is 0.160. The van der Waals surface area contributed by atoms with Crippen LogP contribution in [0.3, 0.4) is 0 Å². The molecule has 174 valence electrons. The van der Waals surface area contributed by atoms with E-state index in [9.17, 15) is 14.4 Å². The highest BCUT2D eigenvalue weighted by molar-refractivity contribution is 8.18. The molecule has 1 aliphatic heterocycles. The van der Waals surface area contributed by atoms with Crippen molar-refractivity contribution in [3.05, 3.63) is 71.1 Å². The summed E-state index contributed by atoms with van der Waals surface area (Å²) in [4.78, 5) is 37.7. The van der Waals surface area contributed by atoms with E-state index in [0.717, 1.165) is 27.4 Å². The number of carbonyl (C=O) groups is 3. The first-order chi connectivity index (χ1) is 16.5. The van der Waals surface area contributed by atoms with E-state index in [4.69, 9.17) is 19.3 Å². The molecule has 0 unspecified atom stereocenters. The maximum Gasteiger partial charge on any atom is 0.341 e. The first kappa shape index (κ1) is 23.2. The Morgan fingerprint density at radius 3 is 2.53 bits per heavy atom. The number of ether oxygens (including phenoxy) is 3. The maximum absolute atomic E-state index is 12.9. The lowest BCUT2D eigenvalue weighted by Gasteiger charge is -2.14. The van der Waals surface area contributed by atoms with Crippen molar-refractivity contribution in [2.24, 2.45) is 0 Å². The van der Waals surface area contributed by atoms with Crippen LogP contribution in [0.25, 0.3) is 16.8 Å². The molecule has 1 fully saturated rings. The SMILES string of the molecule is COc1cccc(/C=C2\SC(=O)N(CCOc3cccc4ccccc34)C2=O)c1OCC(=O)O. The molecule has 9 heteroatoms. The molecule has 3 aromatic rings. The van der Waals surface area contributed by atoms with E-state index in [1.807, 2.05) is 42.5 Å². The summed E-state index contributed by atoms with van der Waals surface area (Å²) in [6.07, 6.45) is 1.50. The van der Waals surface area contributed by atoms with Crippen molar-refractivity contribution < 1.29 is 33.7 Å². The number of thioether (sulfide) groups is 1. The number of imide groups is 1. The Kier molecular flexibility index (Phi) is 7.03. The van der Waals surface area contributed by atoms with Gasteiger partial charge < -0.3 is 19.3 Å². The summed E-state index contributed by atoms with van der Waals surface area (Å²) in [5.74, 6) is -0.430. The van der Waals surface area contributed by atoms with E-state index in [1.165, 1.54) is 13.2 Å². The van der Waals surface area contributed by atoms with Crippen LogP contribution in [0.4, 0.5) is 4.79 Å². The van der Waals surface area contributed by atoms with Gasteiger partial charge in [-0.3, -0.25) is 14.5 Å². The Morgan fingerprint density at radius 2 is 1.74 bits per heavy atom. The molecule has 4 rings (SSSR count). The standard InChI is InChI=1S/C25H21NO7S/c1-31-20-11-5-8-17(23(20)33-15-22(27)28)14-21-24(29)26(25(30)34-21)12-13-32-19-10-4-7-16-6-2-3-9-18(16)19/h2-11,14H,12-13,15H2,1H3,(H,27,28)/b21-14-. The average Bonchev–Trinajstić information content (AvgIpc) is 3.10. The molecule has 0 bridgehead atoms. The van der Waals surface area contributed by atoms with Gasteiger partial charge in [0.2, 0.25) is 0 Å². The molecule has 0 aromatic heterocycles. The quantitative estimate of drug-likeness (QED) is 0.450. The van der Waals surface area contributed by atoms with Gasteiger partial charge in [-0.1, -0.05) is 48.5 Å². The molecule has 2 amide bonds. The molecular formula is C25H21NO7S. The number of hydrogen-bond donors (Lipinski definition) is 1. The molecule has 1 saturated heterocycles. The highest BCUT2D eigenvalue weighted by Gasteiger charge is 2.35. The number of carboxylic acid groups (broad SMARTS) is 1. The third-order valence-electron chi connectivity index (χ3n) is 5.05. The van der Waals surface area contributed by atoms with Crippen molar-refractivity contribution >= 4 is 45.7 Å². The third kappa shape index (κ3) is 4.99. The average molecular weight is 480 g/mol. The molecule has 0 saturated carbocycles. The van der Waals surface area contributed by atoms with Gasteiger partial charge in [-0.25, -0.2) is 4.79 Å². The Hall–Kier alpha value is -3.98. The Bertz CT molecular complexity index is 1280. The second kappa shape index (κ2) is 10.3. The number of amides is 2. The van der Waals surface area contributed by atoms with Crippen LogP contribution in [-0.2, 0) is 9.59 Å². The van der Waals surface area contributed by atoms with Gasteiger partial charge >= 0.3 is 5.97 Å². The van der Waals surface area contributed by atoms with Crippen molar-refractivity contribution in [2.45, 2.75) is 0 Å². The number of rotatable bonds is 9. The fourth-order valence-corrected chi connectivity index (χ4v) is 4.35. The molecule has 1 aliphatic rings. The Balaban J connectivity index is 1.48. The first-order valence-electron chi connectivity index (χ1n) is 10.4. The maximum atomic E-state index is 12.9. The smallest absolute Gasteiger partial charge is 0.341 e. The van der Waals surface area contributed by atoms with Crippen molar-refractivity contribution in [3.8, 4) is 17.2 Å². The Morgan fingerprint density at radius 1 is 1.00 bits per heavy atom. The normalized spacial score (nSPS) is 14.6. The number of carboxylic acids is 1. The minimum atomic E-state index is -1.15. The van der Waals surface area contributed by atoms with Crippen molar-refractivity contribution in [2.75, 3.05) is 26.9 Å². The second-order valence-corrected chi connectivity index (χ2v) is 8.21. The van der Waals surface area contributed by atoms with E-state index in [0.29, 0.717) is 17.1 Å². The zero-order valence-corrected chi connectivity index (χ0v) is 19.0. The topological polar surface area (TPSA) is 102 Å². The fourth-order valence-electron chi connectivity index (χ4n) is 3.50. The van der Waals surface area contributed by atoms with Gasteiger partial charge in [0.05, 0.1) is 18.6 Å². The lowest BCUT2D eigenvalue weighted by molar-refractivity contribution is -0.139. The van der Waals surface area contributed by atoms with Crippen molar-refractivity contribution in [1.82, 2.24) is 4.90 Å². The van der Waals surface area contributed by atoms with Crippen molar-refractivity contribution in [1.29, 1.82) is 0 Å². The van der Waals surface area contributed by atoms with Gasteiger partial charge in [-0.15, -0.1) is 0 Å². The Labute approximate surface area is 199 Å². The third-order valence-corrected chi connectivity index (χ3v) is 5.96. The van der Waals surface area contributed by atoms with Gasteiger partial charge in [-0.2, -0.15) is 0 Å². The lowest BCUT2D eigenvalue weighted by atomic mass is 10.1. The van der Waals surface area contributed by atoms with E-state index >= 15 is 0 Å². The van der Waals surface area contributed by atoms with E-state index in [-0.39, 0.29) is 23.8 Å². The van der Waals surface area contributed by atoms with Crippen molar-refractivity contribution in [3.63, 3.8) is 0 Å². The predicted octanol–water partition coefficient (Wildman–Crippen LogP) is 4.43. The molecule has 1 heterocycles. The summed E-state index contributed by atoms with van der Waals surface area (Å²) in [6, 6.07) is 18.5. The molecule has 0 atom stereocenters. The lowest BCUT2D eigenvalue weighted by Crippen LogP contribution is -2.32. The molecular weight excluding hydrogens is 458 g/mol. The second-order valence-electron chi connectivity index (χ2n) is 7.22. The first-order valence-corrected chi connectivity index (χ1v) is 11.2. The zero-order valence-electron chi connectivity index (χ0n) is 18.2. The molecule has 0 spiro atoms. The summed E-state index contributed by atoms with van der Waals surface area (Å²) in [7, 11) is 1.43. The molecule has 8 nitrogen and oxygen atoms in total.